The van der Waals surface area contributed by atoms with Crippen LogP contribution < -0.4 is 10.6 Å². The van der Waals surface area contributed by atoms with Crippen molar-refractivity contribution >= 4 is 5.91 Å². The van der Waals surface area contributed by atoms with E-state index >= 15 is 0 Å². The number of amides is 1. The molecule has 112 valence electrons. The monoisotopic (exact) mass is 270 g/mol. The maximum atomic E-state index is 11.8. The molecule has 2 atom stereocenters. The molecule has 1 fully saturated rings. The minimum atomic E-state index is 0.101. The number of nitrogens with one attached hydrogen (secondary N) is 2. The van der Waals surface area contributed by atoms with E-state index in [4.69, 9.17) is 4.74 Å². The standard InChI is InChI=1S/C15H30N2O2/c1-6-11(7-2)17-14(18)10-16-12-9-13(19-8-3)15(12,4)5/h11-13,16H,6-10H2,1-5H3,(H,17,18). The summed E-state index contributed by atoms with van der Waals surface area (Å²) < 4.78 is 5.69. The summed E-state index contributed by atoms with van der Waals surface area (Å²) >= 11 is 0. The maximum Gasteiger partial charge on any atom is 0.234 e. The molecule has 1 aliphatic carbocycles. The lowest BCUT2D eigenvalue weighted by molar-refractivity contribution is -0.126. The lowest BCUT2D eigenvalue weighted by atomic mass is 9.64. The first-order valence-electron chi connectivity index (χ1n) is 7.59. The highest BCUT2D eigenvalue weighted by Gasteiger charge is 2.48. The summed E-state index contributed by atoms with van der Waals surface area (Å²) in [4.78, 5) is 11.8. The summed E-state index contributed by atoms with van der Waals surface area (Å²) in [6.45, 7) is 11.8. The third kappa shape index (κ3) is 4.18. The van der Waals surface area contributed by atoms with Crippen molar-refractivity contribution in [1.29, 1.82) is 0 Å². The second-order valence-corrected chi connectivity index (χ2v) is 6.02. The molecule has 0 radical (unpaired) electrons. The smallest absolute Gasteiger partial charge is 0.234 e. The summed E-state index contributed by atoms with van der Waals surface area (Å²) in [5.41, 5.74) is 0.116. The molecule has 0 heterocycles. The lowest BCUT2D eigenvalue weighted by Crippen LogP contribution is -2.62. The summed E-state index contributed by atoms with van der Waals surface area (Å²) in [5, 5.41) is 6.41. The number of ether oxygens (including phenoxy) is 1. The number of hydrogen-bond donors (Lipinski definition) is 2. The SMILES string of the molecule is CCOC1CC(NCC(=O)NC(CC)CC)C1(C)C. The van der Waals surface area contributed by atoms with Crippen molar-refractivity contribution in [2.24, 2.45) is 5.41 Å². The second-order valence-electron chi connectivity index (χ2n) is 6.02. The van der Waals surface area contributed by atoms with E-state index in [-0.39, 0.29) is 11.3 Å². The van der Waals surface area contributed by atoms with Gasteiger partial charge in [0.2, 0.25) is 5.91 Å². The average Bonchev–Trinajstić information content (AvgIpc) is 2.39. The number of hydrogen-bond acceptors (Lipinski definition) is 3. The largest absolute Gasteiger partial charge is 0.378 e. The van der Waals surface area contributed by atoms with Crippen molar-refractivity contribution in [3.63, 3.8) is 0 Å². The van der Waals surface area contributed by atoms with Crippen LogP contribution >= 0.6 is 0 Å². The third-order valence-electron chi connectivity index (χ3n) is 4.41. The molecule has 1 rings (SSSR count). The van der Waals surface area contributed by atoms with Gasteiger partial charge >= 0.3 is 0 Å². The van der Waals surface area contributed by atoms with E-state index in [1.807, 2.05) is 6.92 Å². The molecule has 0 bridgehead atoms. The van der Waals surface area contributed by atoms with Crippen molar-refractivity contribution in [3.8, 4) is 0 Å². The van der Waals surface area contributed by atoms with Gasteiger partial charge in [0.1, 0.15) is 0 Å². The van der Waals surface area contributed by atoms with Gasteiger partial charge in [-0.2, -0.15) is 0 Å². The molecule has 0 aromatic heterocycles. The van der Waals surface area contributed by atoms with Gasteiger partial charge in [-0.25, -0.2) is 0 Å². The molecule has 4 heteroatoms. The Morgan fingerprint density at radius 1 is 1.32 bits per heavy atom. The maximum absolute atomic E-state index is 11.8. The number of rotatable bonds is 8. The average molecular weight is 270 g/mol. The molecular formula is C15H30N2O2. The Morgan fingerprint density at radius 2 is 1.95 bits per heavy atom. The van der Waals surface area contributed by atoms with E-state index in [1.165, 1.54) is 0 Å². The quantitative estimate of drug-likeness (QED) is 0.710. The minimum Gasteiger partial charge on any atom is -0.378 e. The van der Waals surface area contributed by atoms with Crippen LogP contribution in [-0.4, -0.2) is 37.2 Å². The first-order valence-corrected chi connectivity index (χ1v) is 7.59. The summed E-state index contributed by atoms with van der Waals surface area (Å²) in [6.07, 6.45) is 3.30. The molecule has 1 amide bonds. The molecule has 0 saturated heterocycles. The molecule has 4 nitrogen and oxygen atoms in total. The Hall–Kier alpha value is -0.610. The van der Waals surface area contributed by atoms with Crippen LogP contribution in [0.15, 0.2) is 0 Å². The van der Waals surface area contributed by atoms with Crippen LogP contribution in [0.3, 0.4) is 0 Å². The Bertz CT molecular complexity index is 288. The van der Waals surface area contributed by atoms with Gasteiger partial charge in [-0.15, -0.1) is 0 Å². The fourth-order valence-electron chi connectivity index (χ4n) is 2.70. The molecule has 19 heavy (non-hydrogen) atoms. The predicted molar refractivity (Wildman–Crippen MR) is 78.1 cm³/mol. The highest BCUT2D eigenvalue weighted by atomic mass is 16.5. The molecule has 0 aromatic carbocycles. The molecule has 0 aromatic rings. The van der Waals surface area contributed by atoms with Gasteiger partial charge < -0.3 is 15.4 Å². The van der Waals surface area contributed by atoms with Crippen LogP contribution in [0.5, 0.6) is 0 Å². The number of carbonyl (C=O) groups excluding carboxylic acids is 1. The van der Waals surface area contributed by atoms with Crippen LogP contribution in [0.4, 0.5) is 0 Å². The van der Waals surface area contributed by atoms with Gasteiger partial charge in [-0.3, -0.25) is 4.79 Å². The zero-order chi connectivity index (χ0) is 14.5. The van der Waals surface area contributed by atoms with Gasteiger partial charge in [0.15, 0.2) is 0 Å². The topological polar surface area (TPSA) is 50.4 Å². The van der Waals surface area contributed by atoms with Gasteiger partial charge in [0.05, 0.1) is 12.6 Å². The molecule has 1 saturated carbocycles. The molecule has 0 aliphatic heterocycles. The Balaban J connectivity index is 2.29. The van der Waals surface area contributed by atoms with Gasteiger partial charge in [0, 0.05) is 24.1 Å². The Labute approximate surface area is 117 Å². The fourth-order valence-corrected chi connectivity index (χ4v) is 2.70. The summed E-state index contributed by atoms with van der Waals surface area (Å²) in [7, 11) is 0. The van der Waals surface area contributed by atoms with Crippen molar-refractivity contribution in [2.75, 3.05) is 13.2 Å². The van der Waals surface area contributed by atoms with Crippen LogP contribution in [-0.2, 0) is 9.53 Å². The number of carbonyl (C=O) groups is 1. The van der Waals surface area contributed by atoms with E-state index < -0.39 is 0 Å². The van der Waals surface area contributed by atoms with Crippen molar-refractivity contribution < 1.29 is 9.53 Å². The van der Waals surface area contributed by atoms with Crippen LogP contribution in [0.25, 0.3) is 0 Å². The first-order chi connectivity index (χ1) is 8.95. The zero-order valence-electron chi connectivity index (χ0n) is 13.1. The lowest BCUT2D eigenvalue weighted by Gasteiger charge is -2.51. The predicted octanol–water partition coefficient (Wildman–Crippen LogP) is 2.08. The van der Waals surface area contributed by atoms with E-state index in [1.54, 1.807) is 0 Å². The molecule has 2 unspecified atom stereocenters. The molecule has 2 N–H and O–H groups in total. The zero-order valence-corrected chi connectivity index (χ0v) is 13.1. The molecule has 0 spiro atoms. The minimum absolute atomic E-state index is 0.101. The normalized spacial score (nSPS) is 25.2. The van der Waals surface area contributed by atoms with Gasteiger partial charge in [-0.1, -0.05) is 27.7 Å². The third-order valence-corrected chi connectivity index (χ3v) is 4.41. The van der Waals surface area contributed by atoms with Gasteiger partial charge in [0.25, 0.3) is 0 Å². The van der Waals surface area contributed by atoms with E-state index in [2.05, 4.69) is 38.3 Å². The van der Waals surface area contributed by atoms with Crippen molar-refractivity contribution in [2.45, 2.75) is 72.1 Å². The summed E-state index contributed by atoms with van der Waals surface area (Å²) in [6, 6.07) is 0.677. The molecule has 1 aliphatic rings. The van der Waals surface area contributed by atoms with Crippen molar-refractivity contribution in [1.82, 2.24) is 10.6 Å². The Morgan fingerprint density at radius 3 is 2.42 bits per heavy atom. The van der Waals surface area contributed by atoms with Crippen molar-refractivity contribution in [3.05, 3.63) is 0 Å². The van der Waals surface area contributed by atoms with Crippen LogP contribution in [0.1, 0.15) is 53.9 Å². The summed E-state index contributed by atoms with van der Waals surface area (Å²) in [5.74, 6) is 0.101. The fraction of sp³-hybridized carbons (Fsp3) is 0.933. The van der Waals surface area contributed by atoms with Gasteiger partial charge in [-0.05, 0) is 26.2 Å². The van der Waals surface area contributed by atoms with E-state index in [9.17, 15) is 4.79 Å². The van der Waals surface area contributed by atoms with E-state index in [0.717, 1.165) is 25.9 Å². The van der Waals surface area contributed by atoms with Crippen LogP contribution in [0, 0.1) is 5.41 Å². The second kappa shape index (κ2) is 7.25. The Kier molecular flexibility index (Phi) is 6.27. The highest BCUT2D eigenvalue weighted by Crippen LogP contribution is 2.42. The van der Waals surface area contributed by atoms with Crippen LogP contribution in [0.2, 0.25) is 0 Å². The first kappa shape index (κ1) is 16.4. The molecular weight excluding hydrogens is 240 g/mol. The highest BCUT2D eigenvalue weighted by molar-refractivity contribution is 5.78. The van der Waals surface area contributed by atoms with E-state index in [0.29, 0.717) is 24.7 Å².